The lowest BCUT2D eigenvalue weighted by Crippen LogP contribution is -2.04. The summed E-state index contributed by atoms with van der Waals surface area (Å²) in [5, 5.41) is 0.920. The largest absolute Gasteiger partial charge is 0.493 e. The van der Waals surface area contributed by atoms with Crippen LogP contribution in [-0.2, 0) is 16.0 Å². The van der Waals surface area contributed by atoms with Crippen LogP contribution in [0.15, 0.2) is 33.5 Å². The van der Waals surface area contributed by atoms with Crippen molar-refractivity contribution in [2.45, 2.75) is 58.8 Å². The quantitative estimate of drug-likeness (QED) is 0.318. The summed E-state index contributed by atoms with van der Waals surface area (Å²) >= 11 is 0. The predicted molar refractivity (Wildman–Crippen MR) is 106 cm³/mol. The van der Waals surface area contributed by atoms with Crippen molar-refractivity contribution in [3.8, 4) is 5.75 Å². The third kappa shape index (κ3) is 6.74. The van der Waals surface area contributed by atoms with Crippen LogP contribution in [0.2, 0.25) is 0 Å². The molecule has 1 aromatic heterocycles. The van der Waals surface area contributed by atoms with Crippen molar-refractivity contribution in [3.05, 3.63) is 40.2 Å². The number of carbonyl (C=O) groups is 1. The maximum atomic E-state index is 11.7. The van der Waals surface area contributed by atoms with Crippen LogP contribution >= 0.6 is 0 Å². The highest BCUT2D eigenvalue weighted by atomic mass is 16.5. The fourth-order valence-corrected chi connectivity index (χ4v) is 2.99. The smallest absolute Gasteiger partial charge is 0.336 e. The number of fused-ring (bicyclic) bond motifs is 1. The molecule has 5 nitrogen and oxygen atoms in total. The van der Waals surface area contributed by atoms with Gasteiger partial charge in [-0.1, -0.05) is 26.7 Å². The number of benzene rings is 1. The highest BCUT2D eigenvalue weighted by Crippen LogP contribution is 2.29. The van der Waals surface area contributed by atoms with Crippen molar-refractivity contribution in [1.29, 1.82) is 0 Å². The van der Waals surface area contributed by atoms with E-state index in [9.17, 15) is 9.59 Å². The molecule has 2 aromatic rings. The first kappa shape index (κ1) is 21.0. The average molecular weight is 374 g/mol. The highest BCUT2D eigenvalue weighted by molar-refractivity contribution is 5.82. The SMILES string of the molecule is COC(=O)CCCCCCOc1ccc2ccc(=O)oc2c1CCC(C)C. The zero-order valence-corrected chi connectivity index (χ0v) is 16.6. The molecule has 0 atom stereocenters. The summed E-state index contributed by atoms with van der Waals surface area (Å²) in [5.41, 5.74) is 1.28. The van der Waals surface area contributed by atoms with E-state index in [2.05, 4.69) is 18.6 Å². The molecule has 0 aliphatic heterocycles. The number of unbranched alkanes of at least 4 members (excludes halogenated alkanes) is 3. The van der Waals surface area contributed by atoms with Gasteiger partial charge in [0.2, 0.25) is 0 Å². The maximum absolute atomic E-state index is 11.7. The van der Waals surface area contributed by atoms with E-state index in [4.69, 9.17) is 9.15 Å². The lowest BCUT2D eigenvalue weighted by molar-refractivity contribution is -0.140. The van der Waals surface area contributed by atoms with E-state index >= 15 is 0 Å². The van der Waals surface area contributed by atoms with Gasteiger partial charge in [-0.3, -0.25) is 4.79 Å². The number of rotatable bonds is 11. The fourth-order valence-electron chi connectivity index (χ4n) is 2.99. The summed E-state index contributed by atoms with van der Waals surface area (Å²) in [4.78, 5) is 22.8. The van der Waals surface area contributed by atoms with Gasteiger partial charge in [-0.05, 0) is 49.8 Å². The molecule has 27 heavy (non-hydrogen) atoms. The molecule has 0 radical (unpaired) electrons. The first-order chi connectivity index (χ1) is 13.0. The van der Waals surface area contributed by atoms with Gasteiger partial charge in [-0.15, -0.1) is 0 Å². The van der Waals surface area contributed by atoms with Crippen LogP contribution in [0.4, 0.5) is 0 Å². The zero-order valence-electron chi connectivity index (χ0n) is 16.6. The van der Waals surface area contributed by atoms with Crippen LogP contribution < -0.4 is 10.4 Å². The van der Waals surface area contributed by atoms with E-state index < -0.39 is 0 Å². The molecule has 0 amide bonds. The Hall–Kier alpha value is -2.30. The molecule has 148 valence electrons. The van der Waals surface area contributed by atoms with Gasteiger partial charge in [-0.25, -0.2) is 4.79 Å². The second kappa shape index (κ2) is 10.8. The van der Waals surface area contributed by atoms with Gasteiger partial charge in [0.05, 0.1) is 13.7 Å². The molecule has 0 fully saturated rings. The molecule has 5 heteroatoms. The summed E-state index contributed by atoms with van der Waals surface area (Å²) in [6, 6.07) is 7.15. The Morgan fingerprint density at radius 1 is 1.07 bits per heavy atom. The molecule has 0 aliphatic carbocycles. The van der Waals surface area contributed by atoms with Crippen LogP contribution in [0.1, 0.15) is 57.9 Å². The van der Waals surface area contributed by atoms with E-state index in [1.54, 1.807) is 6.07 Å². The number of carbonyl (C=O) groups excluding carboxylic acids is 1. The molecular formula is C22H30O5. The van der Waals surface area contributed by atoms with Gasteiger partial charge < -0.3 is 13.9 Å². The minimum Gasteiger partial charge on any atom is -0.493 e. The first-order valence-corrected chi connectivity index (χ1v) is 9.76. The van der Waals surface area contributed by atoms with Crippen molar-refractivity contribution in [3.63, 3.8) is 0 Å². The summed E-state index contributed by atoms with van der Waals surface area (Å²) in [6.07, 6.45) is 6.03. The molecule has 1 aromatic carbocycles. The second-order valence-corrected chi connectivity index (χ2v) is 7.24. The number of hydrogen-bond acceptors (Lipinski definition) is 5. The Morgan fingerprint density at radius 3 is 2.56 bits per heavy atom. The van der Waals surface area contributed by atoms with Crippen molar-refractivity contribution < 1.29 is 18.7 Å². The van der Waals surface area contributed by atoms with Gasteiger partial charge in [0.1, 0.15) is 11.3 Å². The van der Waals surface area contributed by atoms with E-state index in [1.165, 1.54) is 13.2 Å². The summed E-state index contributed by atoms with van der Waals surface area (Å²) < 4.78 is 16.1. The molecule has 0 N–H and O–H groups in total. The zero-order chi connectivity index (χ0) is 19.6. The maximum Gasteiger partial charge on any atom is 0.336 e. The Bertz CT molecular complexity index is 791. The molecule has 0 saturated heterocycles. The number of ether oxygens (including phenoxy) is 2. The predicted octanol–water partition coefficient (Wildman–Crippen LogP) is 4.88. The molecule has 0 spiro atoms. The minimum atomic E-state index is -0.337. The molecule has 0 aliphatic rings. The Labute approximate surface area is 160 Å². The van der Waals surface area contributed by atoms with Crippen molar-refractivity contribution in [2.75, 3.05) is 13.7 Å². The number of aryl methyl sites for hydroxylation is 1. The fraction of sp³-hybridized carbons (Fsp3) is 0.545. The monoisotopic (exact) mass is 374 g/mol. The van der Waals surface area contributed by atoms with Gasteiger partial charge in [0.25, 0.3) is 0 Å². The normalized spacial score (nSPS) is 11.1. The third-order valence-corrected chi connectivity index (χ3v) is 4.58. The Kier molecular flexibility index (Phi) is 8.37. The van der Waals surface area contributed by atoms with Crippen molar-refractivity contribution in [2.24, 2.45) is 5.92 Å². The van der Waals surface area contributed by atoms with Crippen molar-refractivity contribution in [1.82, 2.24) is 0 Å². The van der Waals surface area contributed by atoms with Gasteiger partial charge in [0, 0.05) is 23.4 Å². The molecular weight excluding hydrogens is 344 g/mol. The van der Waals surface area contributed by atoms with E-state index in [-0.39, 0.29) is 11.6 Å². The van der Waals surface area contributed by atoms with Crippen LogP contribution in [0.3, 0.4) is 0 Å². The van der Waals surface area contributed by atoms with Crippen LogP contribution in [0.25, 0.3) is 11.0 Å². The van der Waals surface area contributed by atoms with Gasteiger partial charge in [0.15, 0.2) is 0 Å². The van der Waals surface area contributed by atoms with E-state index in [1.807, 2.05) is 12.1 Å². The topological polar surface area (TPSA) is 65.7 Å². The first-order valence-electron chi connectivity index (χ1n) is 9.76. The number of hydrogen-bond donors (Lipinski definition) is 0. The summed E-state index contributed by atoms with van der Waals surface area (Å²) in [6.45, 7) is 4.96. The van der Waals surface area contributed by atoms with Crippen LogP contribution in [0.5, 0.6) is 5.75 Å². The lowest BCUT2D eigenvalue weighted by atomic mass is 10.00. The number of esters is 1. The Balaban J connectivity index is 1.96. The summed E-state index contributed by atoms with van der Waals surface area (Å²) in [5.74, 6) is 1.20. The Morgan fingerprint density at radius 2 is 1.81 bits per heavy atom. The molecule has 0 bridgehead atoms. The van der Waals surface area contributed by atoms with Crippen LogP contribution in [0, 0.1) is 5.92 Å². The minimum absolute atomic E-state index is 0.154. The van der Waals surface area contributed by atoms with Gasteiger partial charge >= 0.3 is 11.6 Å². The molecule has 2 rings (SSSR count). The highest BCUT2D eigenvalue weighted by Gasteiger charge is 2.12. The molecule has 1 heterocycles. The average Bonchev–Trinajstić information content (AvgIpc) is 2.65. The van der Waals surface area contributed by atoms with Gasteiger partial charge in [-0.2, -0.15) is 0 Å². The third-order valence-electron chi connectivity index (χ3n) is 4.58. The van der Waals surface area contributed by atoms with E-state index in [0.717, 1.165) is 55.2 Å². The van der Waals surface area contributed by atoms with Crippen molar-refractivity contribution >= 4 is 16.9 Å². The molecule has 0 saturated carbocycles. The lowest BCUT2D eigenvalue weighted by Gasteiger charge is -2.14. The number of methoxy groups -OCH3 is 1. The second-order valence-electron chi connectivity index (χ2n) is 7.24. The molecule has 0 unspecified atom stereocenters. The summed E-state index contributed by atoms with van der Waals surface area (Å²) in [7, 11) is 1.42. The standard InChI is InChI=1S/C22H30O5/c1-16(2)9-12-18-19(13-10-17-11-14-21(24)27-22(17)18)26-15-7-5-4-6-8-20(23)25-3/h10-11,13-14,16H,4-9,12,15H2,1-3H3. The van der Waals surface area contributed by atoms with E-state index in [0.29, 0.717) is 24.5 Å². The van der Waals surface area contributed by atoms with Crippen LogP contribution in [-0.4, -0.2) is 19.7 Å².